The van der Waals surface area contributed by atoms with E-state index < -0.39 is 35.4 Å². The van der Waals surface area contributed by atoms with Gasteiger partial charge < -0.3 is 9.47 Å². The SMILES string of the molecule is CC1(c2cc(Br)ccc2F)C=C(S(C)(=O)=O)SC(OC(=O)NCOCC[Si](C)(C)C)=N1. The van der Waals surface area contributed by atoms with Crippen LogP contribution in [0.3, 0.4) is 0 Å². The van der Waals surface area contributed by atoms with E-state index in [0.29, 0.717) is 22.8 Å². The molecular weight excluding hydrogens is 527 g/mol. The van der Waals surface area contributed by atoms with Gasteiger partial charge in [0.1, 0.15) is 22.3 Å². The second-order valence-electron chi connectivity index (χ2n) is 8.42. The molecule has 1 amide bonds. The summed E-state index contributed by atoms with van der Waals surface area (Å²) >= 11 is 3.98. The first-order valence-corrected chi connectivity index (χ1v) is 16.6. The normalized spacial score (nSPS) is 19.5. The summed E-state index contributed by atoms with van der Waals surface area (Å²) in [5.41, 5.74) is -1.25. The summed E-state index contributed by atoms with van der Waals surface area (Å²) in [6.45, 7) is 8.67. The molecule has 12 heteroatoms. The number of sulfone groups is 1. The number of hydrogen-bond donors (Lipinski definition) is 1. The van der Waals surface area contributed by atoms with Gasteiger partial charge in [-0.05, 0) is 49.0 Å². The van der Waals surface area contributed by atoms with E-state index in [-0.39, 0.29) is 21.8 Å². The van der Waals surface area contributed by atoms with Crippen LogP contribution in [0.2, 0.25) is 25.7 Å². The topological polar surface area (TPSA) is 94.1 Å². The quantitative estimate of drug-likeness (QED) is 0.295. The van der Waals surface area contributed by atoms with Crippen LogP contribution in [0.1, 0.15) is 12.5 Å². The molecule has 172 valence electrons. The molecule has 1 aromatic carbocycles. The lowest BCUT2D eigenvalue weighted by Gasteiger charge is -2.28. The minimum atomic E-state index is -3.66. The number of thioether (sulfide) groups is 1. The molecule has 1 unspecified atom stereocenters. The highest BCUT2D eigenvalue weighted by Crippen LogP contribution is 2.41. The Morgan fingerprint density at radius 1 is 1.35 bits per heavy atom. The van der Waals surface area contributed by atoms with Crippen molar-refractivity contribution in [3.63, 3.8) is 0 Å². The third-order valence-electron chi connectivity index (χ3n) is 4.24. The third kappa shape index (κ3) is 8.01. The van der Waals surface area contributed by atoms with Gasteiger partial charge in [-0.2, -0.15) is 0 Å². The molecule has 0 radical (unpaired) electrons. The van der Waals surface area contributed by atoms with Crippen molar-refractivity contribution in [1.29, 1.82) is 0 Å². The standard InChI is InChI=1S/C19H26BrFN2O5S2Si/c1-19(14-10-13(20)6-7-15(14)21)11-16(30(2,25)26)29-18(23-19)28-17(24)22-12-27-8-9-31(3,4)5/h6-7,10-11H,8-9,12H2,1-5H3,(H,22,24). The molecule has 1 aliphatic rings. The smallest absolute Gasteiger partial charge is 0.385 e. The second-order valence-corrected chi connectivity index (χ2v) is 18.2. The summed E-state index contributed by atoms with van der Waals surface area (Å²) in [5.74, 6) is -0.565. The molecule has 31 heavy (non-hydrogen) atoms. The van der Waals surface area contributed by atoms with Gasteiger partial charge in [0.15, 0.2) is 9.84 Å². The van der Waals surface area contributed by atoms with E-state index in [1.807, 2.05) is 0 Å². The first kappa shape index (κ1) is 26.0. The fourth-order valence-corrected chi connectivity index (χ4v) is 5.71. The monoisotopic (exact) mass is 552 g/mol. The number of halogens is 2. The van der Waals surface area contributed by atoms with E-state index in [1.165, 1.54) is 24.3 Å². The van der Waals surface area contributed by atoms with Gasteiger partial charge in [-0.3, -0.25) is 5.32 Å². The lowest BCUT2D eigenvalue weighted by Crippen LogP contribution is -2.32. The predicted molar refractivity (Wildman–Crippen MR) is 128 cm³/mol. The molecule has 1 atom stereocenters. The van der Waals surface area contributed by atoms with E-state index >= 15 is 0 Å². The number of nitrogens with one attached hydrogen (secondary N) is 1. The zero-order chi connectivity index (χ0) is 23.4. The van der Waals surface area contributed by atoms with E-state index in [1.54, 1.807) is 6.92 Å². The Kier molecular flexibility index (Phi) is 8.53. The van der Waals surface area contributed by atoms with Crippen LogP contribution in [0.15, 0.2) is 38.0 Å². The number of carbonyl (C=O) groups is 1. The van der Waals surface area contributed by atoms with Gasteiger partial charge >= 0.3 is 6.09 Å². The van der Waals surface area contributed by atoms with Gasteiger partial charge in [-0.1, -0.05) is 35.6 Å². The average Bonchev–Trinajstić information content (AvgIpc) is 2.61. The maximum atomic E-state index is 14.5. The maximum absolute atomic E-state index is 14.5. The number of nitrogens with zero attached hydrogens (tertiary/aromatic N) is 1. The lowest BCUT2D eigenvalue weighted by molar-refractivity contribution is 0.120. The van der Waals surface area contributed by atoms with Crippen molar-refractivity contribution in [2.24, 2.45) is 4.99 Å². The first-order chi connectivity index (χ1) is 14.2. The van der Waals surface area contributed by atoms with Crippen LogP contribution in [-0.2, 0) is 24.8 Å². The number of hydrogen-bond acceptors (Lipinski definition) is 7. The van der Waals surface area contributed by atoms with E-state index in [4.69, 9.17) is 9.47 Å². The van der Waals surface area contributed by atoms with Crippen molar-refractivity contribution < 1.29 is 27.1 Å². The van der Waals surface area contributed by atoms with Crippen LogP contribution < -0.4 is 5.32 Å². The Bertz CT molecular complexity index is 1010. The summed E-state index contributed by atoms with van der Waals surface area (Å²) in [5, 5.41) is 2.24. The Morgan fingerprint density at radius 2 is 2.03 bits per heavy atom. The fraction of sp³-hybridized carbons (Fsp3) is 0.474. The highest BCUT2D eigenvalue weighted by Gasteiger charge is 2.36. The molecule has 1 aromatic rings. The van der Waals surface area contributed by atoms with Crippen LogP contribution in [-0.4, -0.2) is 47.4 Å². The Hall–Kier alpha value is -1.21. The van der Waals surface area contributed by atoms with E-state index in [2.05, 4.69) is 45.9 Å². The molecule has 0 saturated carbocycles. The van der Waals surface area contributed by atoms with Crippen LogP contribution in [0.25, 0.3) is 0 Å². The fourth-order valence-electron chi connectivity index (χ4n) is 2.52. The van der Waals surface area contributed by atoms with E-state index in [0.717, 1.165) is 12.3 Å². The first-order valence-electron chi connectivity index (χ1n) is 9.39. The highest BCUT2D eigenvalue weighted by molar-refractivity contribution is 9.10. The molecule has 1 N–H and O–H groups in total. The number of alkyl carbamates (subject to hydrolysis) is 1. The highest BCUT2D eigenvalue weighted by atomic mass is 79.9. The van der Waals surface area contributed by atoms with Crippen LogP contribution in [0, 0.1) is 5.82 Å². The lowest BCUT2D eigenvalue weighted by atomic mass is 9.92. The summed E-state index contributed by atoms with van der Waals surface area (Å²) in [6.07, 6.45) is 1.53. The molecule has 0 bridgehead atoms. The molecule has 2 rings (SSSR count). The summed E-state index contributed by atoms with van der Waals surface area (Å²) in [7, 11) is -4.90. The van der Waals surface area contributed by atoms with E-state index in [9.17, 15) is 17.6 Å². The molecule has 0 fully saturated rings. The molecule has 1 aliphatic heterocycles. The van der Waals surface area contributed by atoms with Crippen molar-refractivity contribution in [3.8, 4) is 0 Å². The number of amides is 1. The Morgan fingerprint density at radius 3 is 2.65 bits per heavy atom. The minimum Gasteiger partial charge on any atom is -0.385 e. The number of rotatable bonds is 7. The minimum absolute atomic E-state index is 0.0481. The average molecular weight is 554 g/mol. The van der Waals surface area contributed by atoms with Gasteiger partial charge in [0, 0.05) is 31.0 Å². The molecule has 7 nitrogen and oxygen atoms in total. The summed E-state index contributed by atoms with van der Waals surface area (Å²) in [6, 6.07) is 5.24. The van der Waals surface area contributed by atoms with Crippen molar-refractivity contribution in [3.05, 3.63) is 44.4 Å². The molecule has 0 spiro atoms. The number of benzene rings is 1. The summed E-state index contributed by atoms with van der Waals surface area (Å²) in [4.78, 5) is 16.5. The number of ether oxygens (including phenoxy) is 2. The number of carbonyl (C=O) groups excluding carboxylic acids is 1. The molecule has 0 aromatic heterocycles. The predicted octanol–water partition coefficient (Wildman–Crippen LogP) is 4.83. The van der Waals surface area contributed by atoms with Crippen LogP contribution in [0.5, 0.6) is 0 Å². The van der Waals surface area contributed by atoms with Crippen molar-refractivity contribution in [2.75, 3.05) is 19.6 Å². The van der Waals surface area contributed by atoms with Gasteiger partial charge in [0.05, 0.1) is 0 Å². The zero-order valence-electron chi connectivity index (χ0n) is 18.0. The van der Waals surface area contributed by atoms with Gasteiger partial charge in [0.25, 0.3) is 5.23 Å². The third-order valence-corrected chi connectivity index (χ3v) is 9.12. The van der Waals surface area contributed by atoms with Crippen molar-refractivity contribution in [1.82, 2.24) is 5.32 Å². The largest absolute Gasteiger partial charge is 0.416 e. The summed E-state index contributed by atoms with van der Waals surface area (Å²) < 4.78 is 50.0. The van der Waals surface area contributed by atoms with Crippen molar-refractivity contribution in [2.45, 2.75) is 38.1 Å². The van der Waals surface area contributed by atoms with Gasteiger partial charge in [-0.15, -0.1) is 0 Å². The maximum Gasteiger partial charge on any atom is 0.416 e. The number of aliphatic imine (C=N–C) groups is 1. The van der Waals surface area contributed by atoms with Gasteiger partial charge in [-0.25, -0.2) is 22.6 Å². The Labute approximate surface area is 195 Å². The molecular formula is C19H26BrFN2O5S2Si. The zero-order valence-corrected chi connectivity index (χ0v) is 22.2. The molecule has 1 heterocycles. The molecule has 0 saturated heterocycles. The Balaban J connectivity index is 2.17. The molecule has 0 aliphatic carbocycles. The van der Waals surface area contributed by atoms with Crippen LogP contribution in [0.4, 0.5) is 9.18 Å². The second kappa shape index (κ2) is 10.2. The van der Waals surface area contributed by atoms with Crippen molar-refractivity contribution >= 4 is 56.9 Å². The van der Waals surface area contributed by atoms with Crippen LogP contribution >= 0.6 is 27.7 Å². The van der Waals surface area contributed by atoms with Gasteiger partial charge in [0.2, 0.25) is 0 Å².